The van der Waals surface area contributed by atoms with E-state index in [0.717, 1.165) is 29.2 Å². The van der Waals surface area contributed by atoms with Gasteiger partial charge in [-0.1, -0.05) is 49.7 Å². The molecule has 0 saturated heterocycles. The molecule has 2 N–H and O–H groups in total. The normalized spacial score (nSPS) is 13.5. The summed E-state index contributed by atoms with van der Waals surface area (Å²) >= 11 is 6.12. The molecule has 0 fully saturated rings. The van der Waals surface area contributed by atoms with E-state index in [1.165, 1.54) is 4.57 Å². The fourth-order valence-corrected chi connectivity index (χ4v) is 4.70. The fourth-order valence-electron chi connectivity index (χ4n) is 4.57. The van der Waals surface area contributed by atoms with Crippen LogP contribution in [0.2, 0.25) is 5.02 Å². The van der Waals surface area contributed by atoms with Gasteiger partial charge in [-0.25, -0.2) is 4.79 Å². The Kier molecular flexibility index (Phi) is 8.24. The Morgan fingerprint density at radius 3 is 2.51 bits per heavy atom. The van der Waals surface area contributed by atoms with Crippen molar-refractivity contribution in [2.75, 3.05) is 15.5 Å². The Morgan fingerprint density at radius 1 is 1.11 bits per heavy atom. The molecule has 2 aromatic carbocycles. The molecule has 2 heterocycles. The van der Waals surface area contributed by atoms with Crippen LogP contribution in [0.1, 0.15) is 37.9 Å². The third-order valence-electron chi connectivity index (χ3n) is 6.61. The van der Waals surface area contributed by atoms with Gasteiger partial charge in [0.25, 0.3) is 5.56 Å². The zero-order valence-electron chi connectivity index (χ0n) is 21.6. The summed E-state index contributed by atoms with van der Waals surface area (Å²) in [5.74, 6) is 0.786. The predicted octanol–water partition coefficient (Wildman–Crippen LogP) is 5.50. The smallest absolute Gasteiger partial charge is 0.331 e. The molecule has 7 nitrogen and oxygen atoms in total. The molecule has 1 aromatic heterocycles. The maximum atomic E-state index is 13.7. The van der Waals surface area contributed by atoms with E-state index in [0.29, 0.717) is 42.3 Å². The van der Waals surface area contributed by atoms with Crippen LogP contribution in [-0.4, -0.2) is 15.2 Å². The molecule has 0 radical (unpaired) electrons. The Morgan fingerprint density at radius 2 is 1.84 bits per heavy atom. The number of hydrogen-bond acceptors (Lipinski definition) is 5. The molecule has 0 spiro atoms. The first-order valence-corrected chi connectivity index (χ1v) is 13.0. The zero-order valence-corrected chi connectivity index (χ0v) is 22.4. The highest BCUT2D eigenvalue weighted by Gasteiger charge is 2.28. The van der Waals surface area contributed by atoms with Gasteiger partial charge in [0.2, 0.25) is 0 Å². The minimum Gasteiger partial charge on any atom is -0.379 e. The van der Waals surface area contributed by atoms with Crippen LogP contribution >= 0.6 is 11.6 Å². The van der Waals surface area contributed by atoms with Crippen LogP contribution in [0.5, 0.6) is 0 Å². The first-order valence-electron chi connectivity index (χ1n) is 12.7. The maximum absolute atomic E-state index is 13.7. The predicted molar refractivity (Wildman–Crippen MR) is 154 cm³/mol. The van der Waals surface area contributed by atoms with Crippen molar-refractivity contribution >= 4 is 28.7 Å². The summed E-state index contributed by atoms with van der Waals surface area (Å²) in [6.45, 7) is 8.78. The van der Waals surface area contributed by atoms with Crippen molar-refractivity contribution in [2.24, 2.45) is 7.05 Å². The molecule has 1 aliphatic heterocycles. The van der Waals surface area contributed by atoms with Crippen LogP contribution in [0.15, 0.2) is 82.7 Å². The number of rotatable bonds is 10. The number of nitrogens with zero attached hydrogens (tertiary/aromatic N) is 3. The lowest BCUT2D eigenvalue weighted by molar-refractivity contribution is 0.565. The lowest BCUT2D eigenvalue weighted by atomic mass is 10.1. The van der Waals surface area contributed by atoms with Crippen molar-refractivity contribution in [2.45, 2.75) is 52.2 Å². The second-order valence-corrected chi connectivity index (χ2v) is 9.64. The molecule has 3 aromatic rings. The van der Waals surface area contributed by atoms with E-state index in [4.69, 9.17) is 11.6 Å². The number of nitrogens with one attached hydrogen (secondary N) is 2. The molecule has 4 rings (SSSR count). The SMILES string of the molecule is C=CC(CC)Nc1cccc(NC2=CCc3c(c(=O)n(CCC)c(=O)n3C)N2Cc2ccc(Cl)cc2)c1. The van der Waals surface area contributed by atoms with Crippen LogP contribution in [0.25, 0.3) is 0 Å². The van der Waals surface area contributed by atoms with Crippen molar-refractivity contribution < 1.29 is 0 Å². The molecule has 1 aliphatic rings. The Hall–Kier alpha value is -3.71. The van der Waals surface area contributed by atoms with Gasteiger partial charge < -0.3 is 15.5 Å². The van der Waals surface area contributed by atoms with Gasteiger partial charge in [0.05, 0.1) is 5.69 Å². The number of halogens is 1. The zero-order chi connectivity index (χ0) is 26.5. The third-order valence-corrected chi connectivity index (χ3v) is 6.86. The Bertz CT molecular complexity index is 1420. The van der Waals surface area contributed by atoms with Gasteiger partial charge in [0.1, 0.15) is 11.5 Å². The summed E-state index contributed by atoms with van der Waals surface area (Å²) in [4.78, 5) is 28.6. The highest BCUT2D eigenvalue weighted by Crippen LogP contribution is 2.29. The van der Waals surface area contributed by atoms with E-state index in [2.05, 4.69) is 24.1 Å². The third kappa shape index (κ3) is 5.67. The number of anilines is 3. The molecular weight excluding hydrogens is 486 g/mol. The van der Waals surface area contributed by atoms with Crippen LogP contribution in [0, 0.1) is 0 Å². The van der Waals surface area contributed by atoms with Crippen molar-refractivity contribution in [3.8, 4) is 0 Å². The summed E-state index contributed by atoms with van der Waals surface area (Å²) in [7, 11) is 1.73. The Balaban J connectivity index is 1.76. The monoisotopic (exact) mass is 519 g/mol. The van der Waals surface area contributed by atoms with Crippen LogP contribution in [0.4, 0.5) is 17.1 Å². The second-order valence-electron chi connectivity index (χ2n) is 9.20. The quantitative estimate of drug-likeness (QED) is 0.346. The van der Waals surface area contributed by atoms with E-state index < -0.39 is 0 Å². The van der Waals surface area contributed by atoms with E-state index >= 15 is 0 Å². The van der Waals surface area contributed by atoms with Gasteiger partial charge in [-0.15, -0.1) is 6.58 Å². The molecule has 194 valence electrons. The van der Waals surface area contributed by atoms with Gasteiger partial charge >= 0.3 is 5.69 Å². The van der Waals surface area contributed by atoms with Gasteiger partial charge in [0.15, 0.2) is 0 Å². The summed E-state index contributed by atoms with van der Waals surface area (Å²) in [5, 5.41) is 7.65. The first-order chi connectivity index (χ1) is 17.9. The number of fused-ring (bicyclic) bond motifs is 1. The largest absolute Gasteiger partial charge is 0.379 e. The average Bonchev–Trinajstić information content (AvgIpc) is 2.90. The van der Waals surface area contributed by atoms with Crippen LogP contribution in [-0.2, 0) is 26.6 Å². The fraction of sp³-hybridized carbons (Fsp3) is 0.310. The van der Waals surface area contributed by atoms with Crippen molar-refractivity contribution in [3.63, 3.8) is 0 Å². The summed E-state index contributed by atoms with van der Waals surface area (Å²) in [6.07, 6.45) is 6.02. The summed E-state index contributed by atoms with van der Waals surface area (Å²) < 4.78 is 2.93. The molecule has 0 bridgehead atoms. The molecule has 0 amide bonds. The topological polar surface area (TPSA) is 71.3 Å². The molecule has 0 aliphatic carbocycles. The van der Waals surface area contributed by atoms with Gasteiger partial charge in [0, 0.05) is 49.0 Å². The molecule has 1 unspecified atom stereocenters. The lowest BCUT2D eigenvalue weighted by Crippen LogP contribution is -2.46. The highest BCUT2D eigenvalue weighted by atomic mass is 35.5. The highest BCUT2D eigenvalue weighted by molar-refractivity contribution is 6.30. The van der Waals surface area contributed by atoms with Crippen LogP contribution in [0.3, 0.4) is 0 Å². The molecule has 1 atom stereocenters. The van der Waals surface area contributed by atoms with E-state index in [-0.39, 0.29) is 17.3 Å². The van der Waals surface area contributed by atoms with Gasteiger partial charge in [-0.3, -0.25) is 13.9 Å². The average molecular weight is 520 g/mol. The summed E-state index contributed by atoms with van der Waals surface area (Å²) in [5.41, 5.74) is 3.52. The summed E-state index contributed by atoms with van der Waals surface area (Å²) in [6, 6.07) is 15.8. The number of allylic oxidation sites excluding steroid dienone is 1. The van der Waals surface area contributed by atoms with E-state index in [1.807, 2.05) is 72.5 Å². The van der Waals surface area contributed by atoms with Crippen molar-refractivity contribution in [1.82, 2.24) is 9.13 Å². The number of benzene rings is 2. The van der Waals surface area contributed by atoms with Gasteiger partial charge in [-0.2, -0.15) is 0 Å². The van der Waals surface area contributed by atoms with E-state index in [1.54, 1.807) is 11.6 Å². The minimum atomic E-state index is -0.284. The molecule has 37 heavy (non-hydrogen) atoms. The van der Waals surface area contributed by atoms with E-state index in [9.17, 15) is 9.59 Å². The lowest BCUT2D eigenvalue weighted by Gasteiger charge is -2.33. The van der Waals surface area contributed by atoms with Crippen molar-refractivity contribution in [3.05, 3.63) is 110 Å². The Labute approximate surface area is 222 Å². The maximum Gasteiger partial charge on any atom is 0.331 e. The minimum absolute atomic E-state index is 0.177. The number of aromatic nitrogens is 2. The van der Waals surface area contributed by atoms with Crippen LogP contribution < -0.4 is 26.8 Å². The number of hydrogen-bond donors (Lipinski definition) is 2. The van der Waals surface area contributed by atoms with Crippen molar-refractivity contribution in [1.29, 1.82) is 0 Å². The first kappa shape index (κ1) is 26.4. The molecule has 8 heteroatoms. The standard InChI is InChI=1S/C29H34ClN5O2/c1-5-17-34-28(36)27-25(33(4)29(34)37)15-16-26(35(27)19-20-11-13-21(30)14-12-20)32-24-10-8-9-23(18-24)31-22(6-2)7-3/h6,8-14,16,18,22,31-32H,2,5,7,15,17,19H2,1,3-4H3. The van der Waals surface area contributed by atoms with Gasteiger partial charge in [-0.05, 0) is 54.8 Å². The molecular formula is C29H34ClN5O2. The molecule has 0 saturated carbocycles. The second kappa shape index (κ2) is 11.6.